The van der Waals surface area contributed by atoms with Crippen LogP contribution in [0.2, 0.25) is 0 Å². The lowest BCUT2D eigenvalue weighted by atomic mass is 10.5. The van der Waals surface area contributed by atoms with Crippen LogP contribution in [0.1, 0.15) is 13.8 Å². The van der Waals surface area contributed by atoms with Gasteiger partial charge in [-0.1, -0.05) is 0 Å². The fourth-order valence-electron chi connectivity index (χ4n) is 0.229. The molecule has 7 heavy (non-hydrogen) atoms. The van der Waals surface area contributed by atoms with Crippen LogP contribution in [0.3, 0.4) is 0 Å². The van der Waals surface area contributed by atoms with E-state index in [1.807, 2.05) is 13.8 Å². The van der Waals surface area contributed by atoms with E-state index in [-0.39, 0.29) is 5.38 Å². The van der Waals surface area contributed by atoms with E-state index in [1.165, 1.54) is 0 Å². The number of alkyl halides is 1. The predicted molar refractivity (Wildman–Crippen MR) is 31.2 cm³/mol. The Balaban J connectivity index is 2.68. The van der Waals surface area contributed by atoms with Crippen LogP contribution in [-0.4, -0.2) is 12.0 Å². The Hall–Kier alpha value is 0.250. The lowest BCUT2D eigenvalue weighted by molar-refractivity contribution is 0.207. The van der Waals surface area contributed by atoms with Gasteiger partial charge in [0.05, 0.1) is 18.6 Å². The lowest BCUT2D eigenvalue weighted by Gasteiger charge is -1.98. The van der Waals surface area contributed by atoms with E-state index >= 15 is 0 Å². The SMILES string of the molecule is C[CH]OCC(C)Cl. The Bertz CT molecular complexity index is 37.1. The molecule has 0 rings (SSSR count). The summed E-state index contributed by atoms with van der Waals surface area (Å²) in [6.45, 7) is 5.97. The average molecular weight is 122 g/mol. The molecular weight excluding hydrogens is 112 g/mol. The molecule has 1 nitrogen and oxygen atoms in total. The van der Waals surface area contributed by atoms with Crippen molar-refractivity contribution in [3.63, 3.8) is 0 Å². The Morgan fingerprint density at radius 1 is 1.86 bits per heavy atom. The number of rotatable bonds is 3. The minimum Gasteiger partial charge on any atom is -0.374 e. The Morgan fingerprint density at radius 2 is 2.43 bits per heavy atom. The molecule has 0 heterocycles. The second-order valence-electron chi connectivity index (χ2n) is 1.35. The van der Waals surface area contributed by atoms with Crippen LogP contribution in [0.15, 0.2) is 0 Å². The van der Waals surface area contributed by atoms with Crippen molar-refractivity contribution in [2.45, 2.75) is 19.2 Å². The number of hydrogen-bond donors (Lipinski definition) is 0. The molecule has 1 atom stereocenters. The van der Waals surface area contributed by atoms with Crippen molar-refractivity contribution < 1.29 is 4.74 Å². The molecule has 0 spiro atoms. The van der Waals surface area contributed by atoms with Gasteiger partial charge in [-0.3, -0.25) is 0 Å². The van der Waals surface area contributed by atoms with Gasteiger partial charge in [-0.25, -0.2) is 0 Å². The van der Waals surface area contributed by atoms with Crippen molar-refractivity contribution in [3.8, 4) is 0 Å². The van der Waals surface area contributed by atoms with Crippen molar-refractivity contribution in [2.75, 3.05) is 6.61 Å². The van der Waals surface area contributed by atoms with Crippen LogP contribution in [-0.2, 0) is 4.74 Å². The van der Waals surface area contributed by atoms with Gasteiger partial charge in [0.2, 0.25) is 0 Å². The molecule has 0 aromatic heterocycles. The van der Waals surface area contributed by atoms with Gasteiger partial charge in [0.25, 0.3) is 0 Å². The second-order valence-corrected chi connectivity index (χ2v) is 2.09. The maximum atomic E-state index is 5.51. The third kappa shape index (κ3) is 6.25. The molecule has 0 N–H and O–H groups in total. The molecule has 0 amide bonds. The highest BCUT2D eigenvalue weighted by molar-refractivity contribution is 6.20. The highest BCUT2D eigenvalue weighted by Gasteiger charge is 1.91. The lowest BCUT2D eigenvalue weighted by Crippen LogP contribution is -2.00. The van der Waals surface area contributed by atoms with E-state index in [0.717, 1.165) is 0 Å². The van der Waals surface area contributed by atoms with Crippen molar-refractivity contribution in [3.05, 3.63) is 6.61 Å². The summed E-state index contributed by atoms with van der Waals surface area (Å²) in [5, 5.41) is 0.121. The van der Waals surface area contributed by atoms with Gasteiger partial charge in [-0.2, -0.15) is 0 Å². The van der Waals surface area contributed by atoms with Gasteiger partial charge >= 0.3 is 0 Å². The Morgan fingerprint density at radius 3 is 2.57 bits per heavy atom. The van der Waals surface area contributed by atoms with Crippen LogP contribution in [0, 0.1) is 6.61 Å². The fourth-order valence-corrected chi connectivity index (χ4v) is 0.302. The monoisotopic (exact) mass is 121 g/mol. The first kappa shape index (κ1) is 7.25. The molecular formula is C5H10ClO. The average Bonchev–Trinajstić information content (AvgIpc) is 1.61. The number of halogens is 1. The minimum absolute atomic E-state index is 0.121. The summed E-state index contributed by atoms with van der Waals surface area (Å²) in [7, 11) is 0. The molecule has 0 fully saturated rings. The van der Waals surface area contributed by atoms with Crippen LogP contribution in [0.4, 0.5) is 0 Å². The summed E-state index contributed by atoms with van der Waals surface area (Å²) in [5.74, 6) is 0. The van der Waals surface area contributed by atoms with E-state index in [4.69, 9.17) is 16.3 Å². The summed E-state index contributed by atoms with van der Waals surface area (Å²) < 4.78 is 4.84. The molecule has 1 unspecified atom stereocenters. The smallest absolute Gasteiger partial charge is 0.0806 e. The van der Waals surface area contributed by atoms with Gasteiger partial charge in [-0.15, -0.1) is 11.6 Å². The molecule has 0 aromatic carbocycles. The molecule has 0 aromatic rings. The third-order valence-corrected chi connectivity index (χ3v) is 0.619. The molecule has 2 heteroatoms. The summed E-state index contributed by atoms with van der Waals surface area (Å²) in [6, 6.07) is 0. The molecule has 0 saturated carbocycles. The maximum Gasteiger partial charge on any atom is 0.0806 e. The predicted octanol–water partition coefficient (Wildman–Crippen LogP) is 1.81. The van der Waals surface area contributed by atoms with Crippen LogP contribution < -0.4 is 0 Å². The van der Waals surface area contributed by atoms with E-state index in [1.54, 1.807) is 6.61 Å². The van der Waals surface area contributed by atoms with Gasteiger partial charge in [0, 0.05) is 0 Å². The van der Waals surface area contributed by atoms with E-state index in [2.05, 4.69) is 0 Å². The molecule has 43 valence electrons. The normalized spacial score (nSPS) is 14.1. The maximum absolute atomic E-state index is 5.51. The zero-order chi connectivity index (χ0) is 5.70. The van der Waals surface area contributed by atoms with Gasteiger partial charge in [-0.05, 0) is 13.8 Å². The topological polar surface area (TPSA) is 9.23 Å². The van der Waals surface area contributed by atoms with Crippen molar-refractivity contribution in [2.24, 2.45) is 0 Å². The van der Waals surface area contributed by atoms with E-state index < -0.39 is 0 Å². The van der Waals surface area contributed by atoms with E-state index in [9.17, 15) is 0 Å². The molecule has 0 saturated heterocycles. The van der Waals surface area contributed by atoms with Gasteiger partial charge in [0.15, 0.2) is 0 Å². The first-order valence-electron chi connectivity index (χ1n) is 2.31. The second kappa shape index (κ2) is 4.41. The summed E-state index contributed by atoms with van der Waals surface area (Å²) in [4.78, 5) is 0. The zero-order valence-corrected chi connectivity index (χ0v) is 5.40. The molecule has 0 aliphatic carbocycles. The summed E-state index contributed by atoms with van der Waals surface area (Å²) in [5.41, 5.74) is 0. The van der Waals surface area contributed by atoms with Crippen molar-refractivity contribution in [1.82, 2.24) is 0 Å². The van der Waals surface area contributed by atoms with Gasteiger partial charge < -0.3 is 4.74 Å². The summed E-state index contributed by atoms with van der Waals surface area (Å²) >= 11 is 5.51. The zero-order valence-electron chi connectivity index (χ0n) is 4.65. The van der Waals surface area contributed by atoms with Crippen LogP contribution in [0.5, 0.6) is 0 Å². The third-order valence-electron chi connectivity index (χ3n) is 0.493. The van der Waals surface area contributed by atoms with E-state index in [0.29, 0.717) is 6.61 Å². The Kier molecular flexibility index (Phi) is 4.57. The van der Waals surface area contributed by atoms with Gasteiger partial charge in [0.1, 0.15) is 0 Å². The molecule has 0 aliphatic rings. The fraction of sp³-hybridized carbons (Fsp3) is 0.800. The quantitative estimate of drug-likeness (QED) is 0.518. The van der Waals surface area contributed by atoms with Crippen molar-refractivity contribution >= 4 is 11.6 Å². The number of hydrogen-bond acceptors (Lipinski definition) is 1. The first-order valence-corrected chi connectivity index (χ1v) is 2.74. The summed E-state index contributed by atoms with van der Waals surface area (Å²) in [6.07, 6.45) is 0. The standard InChI is InChI=1S/C5H10ClO/c1-3-7-4-5(2)6/h3,5H,4H2,1-2H3. The largest absolute Gasteiger partial charge is 0.374 e. The molecule has 0 bridgehead atoms. The van der Waals surface area contributed by atoms with Crippen LogP contribution >= 0.6 is 11.6 Å². The number of ether oxygens (including phenoxy) is 1. The minimum atomic E-state index is 0.121. The molecule has 1 radical (unpaired) electrons. The van der Waals surface area contributed by atoms with Crippen molar-refractivity contribution in [1.29, 1.82) is 0 Å². The Labute approximate surface area is 49.6 Å². The highest BCUT2D eigenvalue weighted by atomic mass is 35.5. The highest BCUT2D eigenvalue weighted by Crippen LogP contribution is 1.93. The van der Waals surface area contributed by atoms with Crippen LogP contribution in [0.25, 0.3) is 0 Å². The molecule has 0 aliphatic heterocycles. The first-order chi connectivity index (χ1) is 3.27.